The van der Waals surface area contributed by atoms with Gasteiger partial charge in [-0.1, -0.05) is 0 Å². The van der Waals surface area contributed by atoms with Crippen molar-refractivity contribution < 1.29 is 24.5 Å². The highest BCUT2D eigenvalue weighted by Gasteiger charge is 2.06. The Kier molecular flexibility index (Phi) is 5.34. The minimum Gasteiger partial charge on any atom is -0.481 e. The first-order valence-electron chi connectivity index (χ1n) is 3.73. The summed E-state index contributed by atoms with van der Waals surface area (Å²) in [6.45, 7) is 3.54. The Morgan fingerprint density at radius 2 is 1.92 bits per heavy atom. The first-order chi connectivity index (χ1) is 6.02. The largest absolute Gasteiger partial charge is 0.481 e. The van der Waals surface area contributed by atoms with Crippen molar-refractivity contribution in [3.63, 3.8) is 0 Å². The molecule has 5 heteroatoms. The molecule has 0 bridgehead atoms. The van der Waals surface area contributed by atoms with Gasteiger partial charge in [0.25, 0.3) is 0 Å². The lowest BCUT2D eigenvalue weighted by Crippen LogP contribution is -2.06. The van der Waals surface area contributed by atoms with Crippen LogP contribution in [0.5, 0.6) is 0 Å². The fourth-order valence-electron chi connectivity index (χ4n) is 0.425. The van der Waals surface area contributed by atoms with Crippen LogP contribution in [0, 0.1) is 0 Å². The number of hydrogen-bond acceptors (Lipinski definition) is 4. The Labute approximate surface area is 75.9 Å². The molecule has 0 aromatic carbocycles. The van der Waals surface area contributed by atoms with Gasteiger partial charge in [-0.15, -0.1) is 0 Å². The van der Waals surface area contributed by atoms with E-state index in [1.165, 1.54) is 6.26 Å². The lowest BCUT2D eigenvalue weighted by Gasteiger charge is -1.98. The summed E-state index contributed by atoms with van der Waals surface area (Å²) in [7, 11) is 0. The smallest absolute Gasteiger partial charge is 0.355 e. The molecule has 0 unspecified atom stereocenters. The normalized spacial score (nSPS) is 8.77. The van der Waals surface area contributed by atoms with Crippen LogP contribution in [0.2, 0.25) is 0 Å². The molecular weight excluding hydrogens is 176 g/mol. The molecule has 13 heavy (non-hydrogen) atoms. The zero-order valence-electron chi connectivity index (χ0n) is 7.57. The molecule has 0 fully saturated rings. The van der Waals surface area contributed by atoms with Crippen LogP contribution < -0.4 is 0 Å². The van der Waals surface area contributed by atoms with Gasteiger partial charge in [0.1, 0.15) is 6.26 Å². The Morgan fingerprint density at radius 3 is 2.38 bits per heavy atom. The van der Waals surface area contributed by atoms with Gasteiger partial charge in [-0.25, -0.2) is 4.79 Å². The van der Waals surface area contributed by atoms with Crippen LogP contribution >= 0.6 is 0 Å². The minimum atomic E-state index is -1.04. The highest BCUT2D eigenvalue weighted by atomic mass is 17.2. The fourth-order valence-corrected chi connectivity index (χ4v) is 0.425. The summed E-state index contributed by atoms with van der Waals surface area (Å²) in [5.41, 5.74) is 0.839. The summed E-state index contributed by atoms with van der Waals surface area (Å²) in [5.74, 6) is -1.74. The highest BCUT2D eigenvalue weighted by Crippen LogP contribution is 1.96. The molecule has 0 heterocycles. The third-order valence-electron chi connectivity index (χ3n) is 0.968. The average Bonchev–Trinajstić information content (AvgIpc) is 2.00. The standard InChI is InChI=1S/C8H12O5/c1-6(2)5-12-13-8(11)4-3-7(9)10/h5H,3-4H2,1-2H3,(H,9,10). The second-order valence-corrected chi connectivity index (χ2v) is 2.64. The fraction of sp³-hybridized carbons (Fsp3) is 0.500. The molecule has 5 nitrogen and oxygen atoms in total. The Balaban J connectivity index is 3.52. The van der Waals surface area contributed by atoms with E-state index in [1.54, 1.807) is 13.8 Å². The van der Waals surface area contributed by atoms with Crippen molar-refractivity contribution in [1.29, 1.82) is 0 Å². The van der Waals surface area contributed by atoms with E-state index in [2.05, 4.69) is 9.78 Å². The lowest BCUT2D eigenvalue weighted by molar-refractivity contribution is -0.239. The summed E-state index contributed by atoms with van der Waals surface area (Å²) in [6.07, 6.45) is 0.821. The second kappa shape index (κ2) is 6.05. The van der Waals surface area contributed by atoms with Crippen LogP contribution in [0.25, 0.3) is 0 Å². The summed E-state index contributed by atoms with van der Waals surface area (Å²) in [5, 5.41) is 8.22. The van der Waals surface area contributed by atoms with Crippen LogP contribution in [0.4, 0.5) is 0 Å². The van der Waals surface area contributed by atoms with E-state index < -0.39 is 11.9 Å². The molecule has 0 saturated carbocycles. The molecule has 0 amide bonds. The third kappa shape index (κ3) is 8.39. The van der Waals surface area contributed by atoms with E-state index in [1.807, 2.05) is 0 Å². The van der Waals surface area contributed by atoms with E-state index >= 15 is 0 Å². The molecule has 0 aliphatic carbocycles. The van der Waals surface area contributed by atoms with E-state index in [0.29, 0.717) is 0 Å². The number of aliphatic carboxylic acids is 1. The number of carboxylic acid groups (broad SMARTS) is 1. The van der Waals surface area contributed by atoms with Crippen LogP contribution in [0.1, 0.15) is 26.7 Å². The maximum atomic E-state index is 10.7. The van der Waals surface area contributed by atoms with Gasteiger partial charge in [-0.2, -0.15) is 0 Å². The van der Waals surface area contributed by atoms with Crippen molar-refractivity contribution in [3.05, 3.63) is 11.8 Å². The van der Waals surface area contributed by atoms with Crippen molar-refractivity contribution >= 4 is 11.9 Å². The van der Waals surface area contributed by atoms with Crippen LogP contribution in [0.3, 0.4) is 0 Å². The zero-order valence-corrected chi connectivity index (χ0v) is 7.57. The van der Waals surface area contributed by atoms with Crippen LogP contribution in [-0.4, -0.2) is 17.0 Å². The minimum absolute atomic E-state index is 0.189. The van der Waals surface area contributed by atoms with E-state index in [9.17, 15) is 9.59 Å². The summed E-state index contributed by atoms with van der Waals surface area (Å²) in [4.78, 5) is 29.3. The summed E-state index contributed by atoms with van der Waals surface area (Å²) < 4.78 is 0. The number of carboxylic acids is 1. The molecule has 0 aliphatic rings. The molecule has 74 valence electrons. The van der Waals surface area contributed by atoms with Crippen molar-refractivity contribution in [2.24, 2.45) is 0 Å². The molecule has 0 atom stereocenters. The molecule has 1 N–H and O–H groups in total. The third-order valence-corrected chi connectivity index (χ3v) is 0.968. The average molecular weight is 188 g/mol. The first-order valence-corrected chi connectivity index (χ1v) is 3.73. The van der Waals surface area contributed by atoms with E-state index in [-0.39, 0.29) is 12.8 Å². The first kappa shape index (κ1) is 11.5. The SMILES string of the molecule is CC(C)=COOC(=O)CCC(=O)O. The van der Waals surface area contributed by atoms with Gasteiger partial charge in [0.2, 0.25) is 0 Å². The van der Waals surface area contributed by atoms with E-state index in [0.717, 1.165) is 5.57 Å². The number of carbonyl (C=O) groups is 2. The van der Waals surface area contributed by atoms with Gasteiger partial charge in [0, 0.05) is 0 Å². The van der Waals surface area contributed by atoms with Gasteiger partial charge in [-0.3, -0.25) is 14.6 Å². The van der Waals surface area contributed by atoms with Crippen molar-refractivity contribution in [3.8, 4) is 0 Å². The van der Waals surface area contributed by atoms with Crippen LogP contribution in [-0.2, 0) is 19.4 Å². The molecular formula is C8H12O5. The number of carbonyl (C=O) groups excluding carboxylic acids is 1. The van der Waals surface area contributed by atoms with Gasteiger partial charge >= 0.3 is 11.9 Å². The van der Waals surface area contributed by atoms with E-state index in [4.69, 9.17) is 5.11 Å². The molecule has 0 rings (SSSR count). The van der Waals surface area contributed by atoms with Crippen molar-refractivity contribution in [2.75, 3.05) is 0 Å². The summed E-state index contributed by atoms with van der Waals surface area (Å²) in [6, 6.07) is 0. The maximum Gasteiger partial charge on any atom is 0.355 e. The highest BCUT2D eigenvalue weighted by molar-refractivity contribution is 5.76. The van der Waals surface area contributed by atoms with Gasteiger partial charge < -0.3 is 5.11 Å². The number of hydrogen-bond donors (Lipinski definition) is 1. The van der Waals surface area contributed by atoms with Gasteiger partial charge in [0.15, 0.2) is 0 Å². The second-order valence-electron chi connectivity index (χ2n) is 2.64. The van der Waals surface area contributed by atoms with Gasteiger partial charge in [-0.05, 0) is 19.4 Å². The molecule has 0 saturated heterocycles. The molecule has 0 aliphatic heterocycles. The Bertz CT molecular complexity index is 215. The molecule has 0 spiro atoms. The quantitative estimate of drug-likeness (QED) is 0.399. The molecule has 0 aromatic rings. The van der Waals surface area contributed by atoms with Gasteiger partial charge in [0.05, 0.1) is 12.8 Å². The Hall–Kier alpha value is -1.52. The number of allylic oxidation sites excluding steroid dienone is 1. The van der Waals surface area contributed by atoms with Crippen molar-refractivity contribution in [2.45, 2.75) is 26.7 Å². The van der Waals surface area contributed by atoms with Crippen LogP contribution in [0.15, 0.2) is 11.8 Å². The zero-order chi connectivity index (χ0) is 10.3. The number of rotatable bonds is 5. The maximum absolute atomic E-state index is 10.7. The molecule has 0 aromatic heterocycles. The predicted octanol–water partition coefficient (Wildman–Crippen LogP) is 1.25. The molecule has 0 radical (unpaired) electrons. The van der Waals surface area contributed by atoms with Crippen molar-refractivity contribution in [1.82, 2.24) is 0 Å². The Morgan fingerprint density at radius 1 is 1.31 bits per heavy atom. The predicted molar refractivity (Wildman–Crippen MR) is 43.5 cm³/mol. The monoisotopic (exact) mass is 188 g/mol. The lowest BCUT2D eigenvalue weighted by atomic mass is 10.3. The topological polar surface area (TPSA) is 72.8 Å². The summed E-state index contributed by atoms with van der Waals surface area (Å²) >= 11 is 0.